The summed E-state index contributed by atoms with van der Waals surface area (Å²) in [5.41, 5.74) is 4.99. The molecule has 1 aromatic carbocycles. The number of ketones is 2. The molecule has 2 aromatic rings. The van der Waals surface area contributed by atoms with Crippen LogP contribution >= 0.6 is 11.3 Å². The van der Waals surface area contributed by atoms with E-state index in [1.165, 1.54) is 0 Å². The second-order valence-electron chi connectivity index (χ2n) is 8.08. The first-order valence-electron chi connectivity index (χ1n) is 8.91. The van der Waals surface area contributed by atoms with Gasteiger partial charge in [0.15, 0.2) is 11.6 Å². The van der Waals surface area contributed by atoms with Crippen molar-refractivity contribution in [3.63, 3.8) is 0 Å². The topological polar surface area (TPSA) is 46.2 Å². The van der Waals surface area contributed by atoms with Gasteiger partial charge in [0.25, 0.3) is 0 Å². The van der Waals surface area contributed by atoms with Crippen LogP contribution in [0.25, 0.3) is 5.70 Å². The van der Waals surface area contributed by atoms with Crippen molar-refractivity contribution in [2.75, 3.05) is 0 Å². The Bertz CT molecular complexity index is 1020. The van der Waals surface area contributed by atoms with Crippen LogP contribution in [0.4, 0.5) is 0 Å². The lowest BCUT2D eigenvalue weighted by molar-refractivity contribution is -0.118. The summed E-state index contributed by atoms with van der Waals surface area (Å²) in [4.78, 5) is 27.3. The zero-order chi connectivity index (χ0) is 18.1. The highest BCUT2D eigenvalue weighted by molar-refractivity contribution is 7.10. The van der Waals surface area contributed by atoms with E-state index in [4.69, 9.17) is 0 Å². The van der Waals surface area contributed by atoms with Crippen molar-refractivity contribution < 1.29 is 9.59 Å². The second kappa shape index (κ2) is 5.27. The molecule has 1 unspecified atom stereocenters. The van der Waals surface area contributed by atoms with Crippen LogP contribution in [0.5, 0.6) is 0 Å². The maximum atomic E-state index is 13.3. The SMILES string of the molecule is CC1(C)CC(=O)C2=C(C1)C(c1cccs1)C1=C(N2)c2ccccc2C1=O. The predicted molar refractivity (Wildman–Crippen MR) is 103 cm³/mol. The van der Waals surface area contributed by atoms with Crippen molar-refractivity contribution in [3.8, 4) is 0 Å². The third-order valence-corrected chi connectivity index (χ3v) is 6.52. The van der Waals surface area contributed by atoms with E-state index >= 15 is 0 Å². The Morgan fingerprint density at radius 3 is 2.50 bits per heavy atom. The lowest BCUT2D eigenvalue weighted by Gasteiger charge is -2.39. The fourth-order valence-corrected chi connectivity index (χ4v) is 5.41. The van der Waals surface area contributed by atoms with E-state index in [0.717, 1.165) is 39.3 Å². The number of dihydropyridines is 1. The molecule has 0 saturated heterocycles. The quantitative estimate of drug-likeness (QED) is 0.802. The Morgan fingerprint density at radius 1 is 1.00 bits per heavy atom. The Labute approximate surface area is 156 Å². The summed E-state index contributed by atoms with van der Waals surface area (Å²) in [5.74, 6) is 0.120. The van der Waals surface area contributed by atoms with Crippen LogP contribution in [0.3, 0.4) is 0 Å². The van der Waals surface area contributed by atoms with Crippen molar-refractivity contribution in [2.24, 2.45) is 5.41 Å². The number of rotatable bonds is 1. The summed E-state index contributed by atoms with van der Waals surface area (Å²) in [6.45, 7) is 4.27. The zero-order valence-electron chi connectivity index (χ0n) is 14.8. The molecule has 3 nitrogen and oxygen atoms in total. The molecule has 2 aliphatic carbocycles. The largest absolute Gasteiger partial charge is 0.352 e. The summed E-state index contributed by atoms with van der Waals surface area (Å²) in [5, 5.41) is 5.42. The van der Waals surface area contributed by atoms with E-state index in [9.17, 15) is 9.59 Å². The lowest BCUT2D eigenvalue weighted by atomic mass is 9.69. The normalized spacial score (nSPS) is 23.5. The number of hydrogen-bond acceptors (Lipinski definition) is 4. The highest BCUT2D eigenvalue weighted by atomic mass is 32.1. The third kappa shape index (κ3) is 2.12. The minimum atomic E-state index is -0.121. The fourth-order valence-electron chi connectivity index (χ4n) is 4.55. The molecule has 4 heteroatoms. The van der Waals surface area contributed by atoms with Crippen LogP contribution in [0.15, 0.2) is 58.6 Å². The molecule has 1 atom stereocenters. The molecule has 0 spiro atoms. The predicted octanol–water partition coefficient (Wildman–Crippen LogP) is 4.69. The van der Waals surface area contributed by atoms with Gasteiger partial charge in [-0.15, -0.1) is 11.3 Å². The number of carbonyl (C=O) groups is 2. The molecular weight excluding hydrogens is 342 g/mol. The average molecular weight is 361 g/mol. The minimum Gasteiger partial charge on any atom is -0.352 e. The summed E-state index contributed by atoms with van der Waals surface area (Å²) in [6, 6.07) is 11.8. The molecule has 5 rings (SSSR count). The Kier molecular flexibility index (Phi) is 3.20. The highest BCUT2D eigenvalue weighted by Crippen LogP contribution is 2.52. The first-order chi connectivity index (χ1) is 12.5. The first kappa shape index (κ1) is 15.8. The number of thiophene rings is 1. The average Bonchev–Trinajstić information content (AvgIpc) is 3.21. The van der Waals surface area contributed by atoms with Gasteiger partial charge in [-0.05, 0) is 28.9 Å². The molecule has 26 heavy (non-hydrogen) atoms. The molecule has 0 radical (unpaired) electrons. The van der Waals surface area contributed by atoms with E-state index in [1.807, 2.05) is 35.7 Å². The van der Waals surface area contributed by atoms with Gasteiger partial charge in [0.2, 0.25) is 0 Å². The molecule has 2 heterocycles. The molecule has 0 fully saturated rings. The maximum Gasteiger partial charge on any atom is 0.192 e. The number of nitrogens with one attached hydrogen (secondary N) is 1. The Hall–Kier alpha value is -2.46. The van der Waals surface area contributed by atoms with Crippen molar-refractivity contribution in [1.82, 2.24) is 5.32 Å². The summed E-state index contributed by atoms with van der Waals surface area (Å²) in [7, 11) is 0. The van der Waals surface area contributed by atoms with Crippen LogP contribution in [0.2, 0.25) is 0 Å². The summed E-state index contributed by atoms with van der Waals surface area (Å²) in [6.07, 6.45) is 1.36. The minimum absolute atomic E-state index is 0.0837. The van der Waals surface area contributed by atoms with E-state index in [-0.39, 0.29) is 22.9 Å². The molecule has 0 bridgehead atoms. The smallest absolute Gasteiger partial charge is 0.192 e. The number of carbonyl (C=O) groups excluding carboxylic acids is 2. The summed E-state index contributed by atoms with van der Waals surface area (Å²) >= 11 is 1.66. The van der Waals surface area contributed by atoms with Crippen LogP contribution in [-0.4, -0.2) is 11.6 Å². The first-order valence-corrected chi connectivity index (χ1v) is 9.79. The van der Waals surface area contributed by atoms with Crippen molar-refractivity contribution in [2.45, 2.75) is 32.6 Å². The number of fused-ring (bicyclic) bond motifs is 2. The van der Waals surface area contributed by atoms with Gasteiger partial charge in [0.05, 0.1) is 11.4 Å². The third-order valence-electron chi connectivity index (χ3n) is 5.58. The van der Waals surface area contributed by atoms with E-state index in [2.05, 4.69) is 25.2 Å². The van der Waals surface area contributed by atoms with Crippen LogP contribution < -0.4 is 5.32 Å². The number of benzene rings is 1. The van der Waals surface area contributed by atoms with E-state index < -0.39 is 0 Å². The van der Waals surface area contributed by atoms with Gasteiger partial charge >= 0.3 is 0 Å². The van der Waals surface area contributed by atoms with Gasteiger partial charge in [0, 0.05) is 33.9 Å². The molecule has 130 valence electrons. The highest BCUT2D eigenvalue weighted by Gasteiger charge is 2.46. The summed E-state index contributed by atoms with van der Waals surface area (Å²) < 4.78 is 0. The van der Waals surface area contributed by atoms with Gasteiger partial charge < -0.3 is 5.32 Å². The Morgan fingerprint density at radius 2 is 1.77 bits per heavy atom. The van der Waals surface area contributed by atoms with Crippen molar-refractivity contribution in [1.29, 1.82) is 0 Å². The number of allylic oxidation sites excluding steroid dienone is 3. The van der Waals surface area contributed by atoms with Crippen LogP contribution in [-0.2, 0) is 4.79 Å². The maximum absolute atomic E-state index is 13.3. The van der Waals surface area contributed by atoms with Gasteiger partial charge in [-0.3, -0.25) is 9.59 Å². The molecular formula is C22H19NO2S. The molecule has 3 aliphatic rings. The lowest BCUT2D eigenvalue weighted by Crippen LogP contribution is -2.37. The van der Waals surface area contributed by atoms with Crippen LogP contribution in [0, 0.1) is 5.41 Å². The van der Waals surface area contributed by atoms with Crippen LogP contribution in [0.1, 0.15) is 53.4 Å². The number of hydrogen-bond donors (Lipinski definition) is 1. The monoisotopic (exact) mass is 361 g/mol. The van der Waals surface area contributed by atoms with Gasteiger partial charge in [-0.1, -0.05) is 44.2 Å². The van der Waals surface area contributed by atoms with Gasteiger partial charge in [0.1, 0.15) is 0 Å². The molecule has 0 saturated carbocycles. The van der Waals surface area contributed by atoms with Gasteiger partial charge in [-0.25, -0.2) is 0 Å². The fraction of sp³-hybridized carbons (Fsp3) is 0.273. The number of Topliss-reactive ketones (excluding diaryl/α,β-unsaturated/α-hetero) is 2. The van der Waals surface area contributed by atoms with E-state index in [0.29, 0.717) is 12.1 Å². The molecule has 1 aromatic heterocycles. The standard InChI is InChI=1S/C22H19NO2S/c1-22(2)10-14-17(16-8-5-9-26-16)18-20(23-19(14)15(24)11-22)12-6-3-4-7-13(12)21(18)25/h3-9,17,23H,10-11H2,1-2H3. The Balaban J connectivity index is 1.75. The molecule has 0 amide bonds. The van der Waals surface area contributed by atoms with Crippen molar-refractivity contribution >= 4 is 28.6 Å². The van der Waals surface area contributed by atoms with E-state index in [1.54, 1.807) is 11.3 Å². The molecule has 1 aliphatic heterocycles. The second-order valence-corrected chi connectivity index (χ2v) is 9.06. The zero-order valence-corrected chi connectivity index (χ0v) is 15.6. The van der Waals surface area contributed by atoms with Gasteiger partial charge in [-0.2, -0.15) is 0 Å². The van der Waals surface area contributed by atoms with Crippen molar-refractivity contribution in [3.05, 3.63) is 74.6 Å². The molecule has 1 N–H and O–H groups in total.